The van der Waals surface area contributed by atoms with Crippen molar-refractivity contribution in [2.45, 2.75) is 13.0 Å². The molecule has 4 rings (SSSR count). The van der Waals surface area contributed by atoms with Crippen molar-refractivity contribution in [3.63, 3.8) is 0 Å². The van der Waals surface area contributed by atoms with Crippen molar-refractivity contribution < 1.29 is 4.79 Å². The number of amides is 1. The summed E-state index contributed by atoms with van der Waals surface area (Å²) < 4.78 is 0. The lowest BCUT2D eigenvalue weighted by Gasteiger charge is -2.28. The quantitative estimate of drug-likeness (QED) is 0.780. The maximum absolute atomic E-state index is 12.4. The normalized spacial score (nSPS) is 12.8. The first-order chi connectivity index (χ1) is 13.2. The van der Waals surface area contributed by atoms with Crippen LogP contribution in [-0.2, 0) is 13.0 Å². The predicted octanol–water partition coefficient (Wildman–Crippen LogP) is 3.16. The van der Waals surface area contributed by atoms with Crippen molar-refractivity contribution in [1.29, 1.82) is 5.26 Å². The Morgan fingerprint density at radius 1 is 1.04 bits per heavy atom. The Hall–Kier alpha value is -3.72. The molecule has 0 unspecified atom stereocenters. The van der Waals surface area contributed by atoms with Gasteiger partial charge in [-0.2, -0.15) is 5.26 Å². The first-order valence-corrected chi connectivity index (χ1v) is 8.69. The highest BCUT2D eigenvalue weighted by atomic mass is 16.1. The van der Waals surface area contributed by atoms with E-state index in [-0.39, 0.29) is 5.91 Å². The number of carbonyl (C=O) groups is 1. The van der Waals surface area contributed by atoms with Crippen molar-refractivity contribution in [2.24, 2.45) is 0 Å². The number of benzene rings is 2. The van der Waals surface area contributed by atoms with E-state index in [0.29, 0.717) is 22.8 Å². The van der Waals surface area contributed by atoms with Gasteiger partial charge in [-0.1, -0.05) is 36.4 Å². The predicted molar refractivity (Wildman–Crippen MR) is 102 cm³/mol. The lowest BCUT2D eigenvalue weighted by molar-refractivity contribution is 0.102. The van der Waals surface area contributed by atoms with Gasteiger partial charge in [-0.15, -0.1) is 0 Å². The van der Waals surface area contributed by atoms with Gasteiger partial charge >= 0.3 is 0 Å². The van der Waals surface area contributed by atoms with Gasteiger partial charge in [-0.05, 0) is 29.7 Å². The molecule has 0 atom stereocenters. The summed E-state index contributed by atoms with van der Waals surface area (Å²) in [5.74, 6) is 0.270. The van der Waals surface area contributed by atoms with Crippen LogP contribution in [0.3, 0.4) is 0 Å². The molecule has 2 heterocycles. The topological polar surface area (TPSA) is 81.9 Å². The summed E-state index contributed by atoms with van der Waals surface area (Å²) in [6.45, 7) is 1.61. The van der Waals surface area contributed by atoms with Crippen LogP contribution >= 0.6 is 0 Å². The van der Waals surface area contributed by atoms with Gasteiger partial charge in [-0.25, -0.2) is 9.97 Å². The summed E-state index contributed by atoms with van der Waals surface area (Å²) in [6.07, 6.45) is 3.99. The monoisotopic (exact) mass is 355 g/mol. The third kappa shape index (κ3) is 3.48. The number of hydrogen-bond acceptors (Lipinski definition) is 5. The van der Waals surface area contributed by atoms with Crippen LogP contribution in [0.15, 0.2) is 60.9 Å². The van der Waals surface area contributed by atoms with Gasteiger partial charge in [0.05, 0.1) is 16.8 Å². The number of nitrogens with zero attached hydrogens (tertiary/aromatic N) is 4. The van der Waals surface area contributed by atoms with E-state index in [0.717, 1.165) is 19.5 Å². The third-order valence-electron chi connectivity index (χ3n) is 4.61. The summed E-state index contributed by atoms with van der Waals surface area (Å²) >= 11 is 0. The minimum atomic E-state index is -0.340. The number of aromatic nitrogens is 2. The Kier molecular flexibility index (Phi) is 4.50. The number of nitrogens with one attached hydrogen (secondary N) is 1. The molecule has 0 bridgehead atoms. The van der Waals surface area contributed by atoms with E-state index < -0.39 is 0 Å². The largest absolute Gasteiger partial charge is 0.336 e. The van der Waals surface area contributed by atoms with Gasteiger partial charge in [0.1, 0.15) is 6.07 Å². The van der Waals surface area contributed by atoms with E-state index in [1.54, 1.807) is 24.3 Å². The van der Waals surface area contributed by atoms with Crippen LogP contribution in [-0.4, -0.2) is 22.4 Å². The number of nitriles is 1. The van der Waals surface area contributed by atoms with Crippen LogP contribution in [0, 0.1) is 11.3 Å². The van der Waals surface area contributed by atoms with Crippen molar-refractivity contribution >= 4 is 17.5 Å². The molecule has 0 spiro atoms. The summed E-state index contributed by atoms with van der Waals surface area (Å²) in [6, 6.07) is 17.3. The molecule has 27 heavy (non-hydrogen) atoms. The highest BCUT2D eigenvalue weighted by molar-refractivity contribution is 6.04. The van der Waals surface area contributed by atoms with E-state index in [9.17, 15) is 4.79 Å². The number of hydrogen-bond donors (Lipinski definition) is 1. The van der Waals surface area contributed by atoms with E-state index in [4.69, 9.17) is 5.26 Å². The average molecular weight is 355 g/mol. The molecular formula is C21H17N5O. The molecule has 3 aromatic rings. The molecule has 6 heteroatoms. The van der Waals surface area contributed by atoms with Crippen LogP contribution in [0.2, 0.25) is 0 Å². The zero-order valence-electron chi connectivity index (χ0n) is 14.6. The lowest BCUT2D eigenvalue weighted by atomic mass is 10.0. The van der Waals surface area contributed by atoms with Gasteiger partial charge in [0.2, 0.25) is 5.95 Å². The molecule has 2 aromatic carbocycles. The van der Waals surface area contributed by atoms with Crippen molar-refractivity contribution in [3.8, 4) is 6.07 Å². The van der Waals surface area contributed by atoms with Crippen molar-refractivity contribution in [1.82, 2.24) is 9.97 Å². The standard InChI is InChI=1S/C21H17N5O/c22-11-16-6-3-4-8-19(16)25-20(27)18-12-23-21(24-13-18)26-10-9-15-5-1-2-7-17(15)14-26/h1-8,12-13H,9-10,14H2,(H,25,27). The molecule has 1 aromatic heterocycles. The lowest BCUT2D eigenvalue weighted by Crippen LogP contribution is -2.31. The third-order valence-corrected chi connectivity index (χ3v) is 4.61. The average Bonchev–Trinajstić information content (AvgIpc) is 2.74. The summed E-state index contributed by atoms with van der Waals surface area (Å²) in [5, 5.41) is 11.9. The van der Waals surface area contributed by atoms with Crippen LogP contribution in [0.4, 0.5) is 11.6 Å². The SMILES string of the molecule is N#Cc1ccccc1NC(=O)c1cnc(N2CCc3ccccc3C2)nc1. The number of fused-ring (bicyclic) bond motifs is 1. The first kappa shape index (κ1) is 16.7. The highest BCUT2D eigenvalue weighted by Crippen LogP contribution is 2.22. The highest BCUT2D eigenvalue weighted by Gasteiger charge is 2.18. The van der Waals surface area contributed by atoms with Crippen LogP contribution in [0.1, 0.15) is 27.0 Å². The zero-order chi connectivity index (χ0) is 18.6. The summed E-state index contributed by atoms with van der Waals surface area (Å²) in [4.78, 5) is 23.3. The number of para-hydroxylation sites is 1. The Morgan fingerprint density at radius 3 is 2.52 bits per heavy atom. The van der Waals surface area contributed by atoms with Gasteiger partial charge in [0, 0.05) is 25.5 Å². The molecule has 1 aliphatic rings. The molecule has 0 fully saturated rings. The maximum atomic E-state index is 12.4. The fourth-order valence-corrected chi connectivity index (χ4v) is 3.15. The maximum Gasteiger partial charge on any atom is 0.258 e. The summed E-state index contributed by atoms with van der Waals surface area (Å²) in [7, 11) is 0. The zero-order valence-corrected chi connectivity index (χ0v) is 14.6. The van der Waals surface area contributed by atoms with E-state index in [2.05, 4.69) is 44.5 Å². The van der Waals surface area contributed by atoms with Crippen molar-refractivity contribution in [2.75, 3.05) is 16.8 Å². The second-order valence-corrected chi connectivity index (χ2v) is 6.32. The Morgan fingerprint density at radius 2 is 1.74 bits per heavy atom. The minimum Gasteiger partial charge on any atom is -0.336 e. The second-order valence-electron chi connectivity index (χ2n) is 6.32. The fourth-order valence-electron chi connectivity index (χ4n) is 3.15. The number of rotatable bonds is 3. The molecule has 6 nitrogen and oxygen atoms in total. The number of anilines is 2. The molecule has 1 amide bonds. The van der Waals surface area contributed by atoms with Crippen LogP contribution in [0.25, 0.3) is 0 Å². The van der Waals surface area contributed by atoms with Gasteiger partial charge in [-0.3, -0.25) is 4.79 Å². The van der Waals surface area contributed by atoms with Gasteiger partial charge < -0.3 is 10.2 Å². The molecule has 0 saturated carbocycles. The van der Waals surface area contributed by atoms with Gasteiger partial charge in [0.15, 0.2) is 0 Å². The molecular weight excluding hydrogens is 338 g/mol. The Balaban J connectivity index is 1.48. The van der Waals surface area contributed by atoms with Gasteiger partial charge in [0.25, 0.3) is 5.91 Å². The minimum absolute atomic E-state index is 0.340. The van der Waals surface area contributed by atoms with E-state index in [1.807, 2.05) is 6.07 Å². The Labute approximate surface area is 157 Å². The first-order valence-electron chi connectivity index (χ1n) is 8.69. The molecule has 0 radical (unpaired) electrons. The van der Waals surface area contributed by atoms with E-state index in [1.165, 1.54) is 23.5 Å². The van der Waals surface area contributed by atoms with Crippen LogP contribution < -0.4 is 10.2 Å². The molecule has 0 aliphatic carbocycles. The summed E-state index contributed by atoms with van der Waals surface area (Å²) in [5.41, 5.74) is 3.88. The van der Waals surface area contributed by atoms with Crippen LogP contribution in [0.5, 0.6) is 0 Å². The Bertz CT molecular complexity index is 1020. The molecule has 1 aliphatic heterocycles. The molecule has 132 valence electrons. The smallest absolute Gasteiger partial charge is 0.258 e. The number of carbonyl (C=O) groups excluding carboxylic acids is 1. The van der Waals surface area contributed by atoms with E-state index >= 15 is 0 Å². The second kappa shape index (κ2) is 7.26. The molecule has 1 N–H and O–H groups in total. The van der Waals surface area contributed by atoms with Crippen molar-refractivity contribution in [3.05, 3.63) is 83.2 Å². The molecule has 0 saturated heterocycles. The fraction of sp³-hybridized carbons (Fsp3) is 0.143.